The van der Waals surface area contributed by atoms with Crippen molar-refractivity contribution in [2.75, 3.05) is 5.73 Å². The van der Waals surface area contributed by atoms with Gasteiger partial charge in [-0.05, 0) is 17.7 Å². The van der Waals surface area contributed by atoms with Gasteiger partial charge < -0.3 is 5.73 Å². The second-order valence-corrected chi connectivity index (χ2v) is 3.39. The number of nitrogens with zero attached hydrogens (tertiary/aromatic N) is 3. The first-order valence-corrected chi connectivity index (χ1v) is 4.50. The van der Waals surface area contributed by atoms with E-state index in [0.29, 0.717) is 17.4 Å². The molecule has 0 aliphatic rings. The molecule has 2 aromatic rings. The van der Waals surface area contributed by atoms with Crippen LogP contribution in [0.25, 0.3) is 0 Å². The van der Waals surface area contributed by atoms with Crippen molar-refractivity contribution in [2.24, 2.45) is 0 Å². The minimum absolute atomic E-state index is 0.514. The summed E-state index contributed by atoms with van der Waals surface area (Å²) < 4.78 is 1.74. The third-order valence-electron chi connectivity index (χ3n) is 1.77. The van der Waals surface area contributed by atoms with E-state index >= 15 is 0 Å². The molecular weight excluding hydrogens is 200 g/mol. The van der Waals surface area contributed by atoms with Crippen LogP contribution in [-0.4, -0.2) is 14.8 Å². The average molecular weight is 209 g/mol. The second kappa shape index (κ2) is 3.67. The number of anilines is 1. The van der Waals surface area contributed by atoms with Crippen LogP contribution in [0.1, 0.15) is 5.56 Å². The van der Waals surface area contributed by atoms with E-state index in [4.69, 9.17) is 17.3 Å². The van der Waals surface area contributed by atoms with Gasteiger partial charge in [0.2, 0.25) is 0 Å². The maximum absolute atomic E-state index is 5.80. The number of hydrogen-bond donors (Lipinski definition) is 1. The summed E-state index contributed by atoms with van der Waals surface area (Å²) in [7, 11) is 0. The molecule has 0 aliphatic heterocycles. The van der Waals surface area contributed by atoms with Gasteiger partial charge >= 0.3 is 0 Å². The molecule has 0 bridgehead atoms. The summed E-state index contributed by atoms with van der Waals surface area (Å²) in [6.45, 7) is 0.630. The van der Waals surface area contributed by atoms with Crippen molar-refractivity contribution < 1.29 is 0 Å². The van der Waals surface area contributed by atoms with Gasteiger partial charge in [-0.3, -0.25) is 9.67 Å². The third kappa shape index (κ3) is 2.03. The van der Waals surface area contributed by atoms with Crippen LogP contribution >= 0.6 is 11.6 Å². The van der Waals surface area contributed by atoms with Crippen molar-refractivity contribution in [1.29, 1.82) is 0 Å². The fourth-order valence-corrected chi connectivity index (χ4v) is 1.39. The van der Waals surface area contributed by atoms with Crippen molar-refractivity contribution in [1.82, 2.24) is 14.8 Å². The Balaban J connectivity index is 2.18. The summed E-state index contributed by atoms with van der Waals surface area (Å²) in [6, 6.07) is 3.60. The maximum Gasteiger partial charge on any atom is 0.145 e. The first-order chi connectivity index (χ1) is 6.74. The summed E-state index contributed by atoms with van der Waals surface area (Å²) in [5, 5.41) is 4.69. The lowest BCUT2D eigenvalue weighted by Crippen LogP contribution is -2.01. The molecule has 5 heteroatoms. The zero-order chi connectivity index (χ0) is 9.97. The zero-order valence-electron chi connectivity index (χ0n) is 7.39. The number of hydrogen-bond acceptors (Lipinski definition) is 3. The topological polar surface area (TPSA) is 56.7 Å². The Kier molecular flexibility index (Phi) is 2.37. The van der Waals surface area contributed by atoms with Gasteiger partial charge in [-0.25, -0.2) is 0 Å². The lowest BCUT2D eigenvalue weighted by molar-refractivity contribution is 0.688. The Morgan fingerprint density at radius 2 is 2.29 bits per heavy atom. The molecule has 0 saturated heterocycles. The lowest BCUT2D eigenvalue weighted by atomic mass is 10.3. The Hall–Kier alpha value is -1.55. The van der Waals surface area contributed by atoms with E-state index in [2.05, 4.69) is 10.1 Å². The van der Waals surface area contributed by atoms with Gasteiger partial charge in [0.05, 0.1) is 11.6 Å². The van der Waals surface area contributed by atoms with Gasteiger partial charge in [0, 0.05) is 18.6 Å². The van der Waals surface area contributed by atoms with Crippen molar-refractivity contribution in [3.05, 3.63) is 41.3 Å². The molecular formula is C9H9ClN4. The minimum Gasteiger partial charge on any atom is -0.382 e. The van der Waals surface area contributed by atoms with Crippen LogP contribution in [0.4, 0.5) is 5.82 Å². The van der Waals surface area contributed by atoms with Crippen molar-refractivity contribution in [3.8, 4) is 0 Å². The Morgan fingerprint density at radius 3 is 2.93 bits per heavy atom. The molecule has 2 aromatic heterocycles. The fourth-order valence-electron chi connectivity index (χ4n) is 1.19. The lowest BCUT2D eigenvalue weighted by Gasteiger charge is -2.00. The van der Waals surface area contributed by atoms with Crippen LogP contribution in [0.5, 0.6) is 0 Å². The van der Waals surface area contributed by atoms with Gasteiger partial charge in [-0.15, -0.1) is 0 Å². The van der Waals surface area contributed by atoms with Gasteiger partial charge in [0.15, 0.2) is 0 Å². The molecule has 2 N–H and O–H groups in total. The van der Waals surface area contributed by atoms with E-state index in [1.807, 2.05) is 12.3 Å². The number of halogens is 1. The SMILES string of the molecule is Nc1ccn(Cc2cncc(Cl)c2)n1. The number of rotatable bonds is 2. The molecule has 0 spiro atoms. The summed E-state index contributed by atoms with van der Waals surface area (Å²) in [5.41, 5.74) is 6.49. The van der Waals surface area contributed by atoms with Gasteiger partial charge in [-0.1, -0.05) is 11.6 Å². The highest BCUT2D eigenvalue weighted by Crippen LogP contribution is 2.09. The van der Waals surface area contributed by atoms with E-state index in [9.17, 15) is 0 Å². The molecule has 0 unspecified atom stereocenters. The highest BCUT2D eigenvalue weighted by Gasteiger charge is 1.98. The van der Waals surface area contributed by atoms with Crippen LogP contribution in [0.3, 0.4) is 0 Å². The molecule has 0 amide bonds. The van der Waals surface area contributed by atoms with Gasteiger partial charge in [-0.2, -0.15) is 5.10 Å². The molecule has 0 fully saturated rings. The molecule has 0 saturated carbocycles. The maximum atomic E-state index is 5.80. The summed E-state index contributed by atoms with van der Waals surface area (Å²) >= 11 is 5.80. The molecule has 0 aliphatic carbocycles. The van der Waals surface area contributed by atoms with Crippen molar-refractivity contribution >= 4 is 17.4 Å². The Labute approximate surface area is 86.3 Å². The van der Waals surface area contributed by atoms with E-state index in [0.717, 1.165) is 5.56 Å². The predicted octanol–water partition coefficient (Wildman–Crippen LogP) is 1.56. The largest absolute Gasteiger partial charge is 0.382 e. The molecule has 0 atom stereocenters. The minimum atomic E-state index is 0.514. The molecule has 14 heavy (non-hydrogen) atoms. The highest BCUT2D eigenvalue weighted by molar-refractivity contribution is 6.30. The Morgan fingerprint density at radius 1 is 1.43 bits per heavy atom. The highest BCUT2D eigenvalue weighted by atomic mass is 35.5. The van der Waals surface area contributed by atoms with Crippen LogP contribution in [-0.2, 0) is 6.54 Å². The molecule has 0 radical (unpaired) electrons. The summed E-state index contributed by atoms with van der Waals surface area (Å²) in [4.78, 5) is 3.98. The third-order valence-corrected chi connectivity index (χ3v) is 1.97. The van der Waals surface area contributed by atoms with Gasteiger partial charge in [0.1, 0.15) is 5.82 Å². The van der Waals surface area contributed by atoms with E-state index in [-0.39, 0.29) is 0 Å². The molecule has 4 nitrogen and oxygen atoms in total. The molecule has 72 valence electrons. The van der Waals surface area contributed by atoms with Crippen LogP contribution < -0.4 is 5.73 Å². The van der Waals surface area contributed by atoms with E-state index in [1.54, 1.807) is 23.1 Å². The molecule has 2 rings (SSSR count). The first-order valence-electron chi connectivity index (χ1n) is 4.12. The first kappa shape index (κ1) is 9.02. The van der Waals surface area contributed by atoms with E-state index in [1.165, 1.54) is 0 Å². The summed E-state index contributed by atoms with van der Waals surface area (Å²) in [5.74, 6) is 0.514. The Bertz CT molecular complexity index is 438. The number of pyridine rings is 1. The zero-order valence-corrected chi connectivity index (χ0v) is 8.15. The van der Waals surface area contributed by atoms with Crippen LogP contribution in [0, 0.1) is 0 Å². The number of nitrogen functional groups attached to an aromatic ring is 1. The second-order valence-electron chi connectivity index (χ2n) is 2.95. The molecule has 2 heterocycles. The van der Waals surface area contributed by atoms with Crippen LogP contribution in [0.2, 0.25) is 5.02 Å². The fraction of sp³-hybridized carbons (Fsp3) is 0.111. The van der Waals surface area contributed by atoms with Crippen LogP contribution in [0.15, 0.2) is 30.7 Å². The summed E-state index contributed by atoms with van der Waals surface area (Å²) in [6.07, 6.45) is 5.17. The standard InChI is InChI=1S/C9H9ClN4/c10-8-3-7(4-12-5-8)6-14-2-1-9(11)13-14/h1-5H,6H2,(H2,11,13). The average Bonchev–Trinajstić information content (AvgIpc) is 2.51. The molecule has 0 aromatic carbocycles. The monoisotopic (exact) mass is 208 g/mol. The smallest absolute Gasteiger partial charge is 0.145 e. The number of nitrogens with two attached hydrogens (primary N) is 1. The predicted molar refractivity (Wildman–Crippen MR) is 55.0 cm³/mol. The van der Waals surface area contributed by atoms with Crippen molar-refractivity contribution in [2.45, 2.75) is 6.54 Å². The quantitative estimate of drug-likeness (QED) is 0.815. The normalized spacial score (nSPS) is 10.4. The van der Waals surface area contributed by atoms with E-state index < -0.39 is 0 Å². The number of aromatic nitrogens is 3. The van der Waals surface area contributed by atoms with Gasteiger partial charge in [0.25, 0.3) is 0 Å². The van der Waals surface area contributed by atoms with Crippen molar-refractivity contribution in [3.63, 3.8) is 0 Å².